The van der Waals surface area contributed by atoms with Crippen LogP contribution in [0.3, 0.4) is 0 Å². The van der Waals surface area contributed by atoms with Crippen LogP contribution in [0.5, 0.6) is 0 Å². The van der Waals surface area contributed by atoms with Crippen LogP contribution in [0.4, 0.5) is 5.69 Å². The molecule has 0 unspecified atom stereocenters. The Hall–Kier alpha value is -2.44. The van der Waals surface area contributed by atoms with E-state index in [1.807, 2.05) is 0 Å². The molecule has 0 aliphatic carbocycles. The Labute approximate surface area is 127 Å². The van der Waals surface area contributed by atoms with Crippen LogP contribution in [0.25, 0.3) is 0 Å². The predicted molar refractivity (Wildman–Crippen MR) is 78.8 cm³/mol. The first-order valence-corrected chi connectivity index (χ1v) is 7.09. The molecule has 1 amide bonds. The number of benzene rings is 1. The van der Waals surface area contributed by atoms with Crippen molar-refractivity contribution in [1.82, 2.24) is 4.90 Å². The molecule has 0 spiro atoms. The fourth-order valence-electron chi connectivity index (χ4n) is 2.77. The Balaban J connectivity index is 2.22. The molecule has 1 N–H and O–H groups in total. The number of aryl methyl sites for hydroxylation is 2. The van der Waals surface area contributed by atoms with Crippen molar-refractivity contribution in [3.63, 3.8) is 0 Å². The summed E-state index contributed by atoms with van der Waals surface area (Å²) >= 11 is 0. The lowest BCUT2D eigenvalue weighted by atomic mass is 9.95. The van der Waals surface area contributed by atoms with Crippen LogP contribution in [0, 0.1) is 29.9 Å². The van der Waals surface area contributed by atoms with Crippen LogP contribution in [0.15, 0.2) is 12.1 Å². The van der Waals surface area contributed by atoms with Crippen LogP contribution < -0.4 is 0 Å². The molecule has 118 valence electrons. The maximum Gasteiger partial charge on any atom is 0.306 e. The van der Waals surface area contributed by atoms with E-state index in [0.29, 0.717) is 42.6 Å². The molecule has 2 rings (SSSR count). The number of aliphatic carboxylic acids is 1. The lowest BCUT2D eigenvalue weighted by Gasteiger charge is -2.30. The van der Waals surface area contributed by atoms with E-state index in [9.17, 15) is 19.7 Å². The van der Waals surface area contributed by atoms with Crippen molar-refractivity contribution in [2.75, 3.05) is 13.1 Å². The van der Waals surface area contributed by atoms with Crippen molar-refractivity contribution in [3.05, 3.63) is 38.9 Å². The SMILES string of the molecule is Cc1cc(C)c([N+](=O)[O-])cc1C(=O)N1CCC(C(=O)O)CC1. The molecule has 1 aromatic rings. The summed E-state index contributed by atoms with van der Waals surface area (Å²) in [4.78, 5) is 35.6. The highest BCUT2D eigenvalue weighted by Gasteiger charge is 2.29. The molecule has 7 nitrogen and oxygen atoms in total. The largest absolute Gasteiger partial charge is 0.481 e. The number of nitro benzene ring substituents is 1. The number of nitrogens with zero attached hydrogens (tertiary/aromatic N) is 2. The van der Waals surface area contributed by atoms with Gasteiger partial charge in [-0.15, -0.1) is 0 Å². The van der Waals surface area contributed by atoms with Gasteiger partial charge in [0, 0.05) is 30.3 Å². The van der Waals surface area contributed by atoms with Crippen molar-refractivity contribution >= 4 is 17.6 Å². The van der Waals surface area contributed by atoms with Crippen molar-refractivity contribution < 1.29 is 19.6 Å². The third kappa shape index (κ3) is 3.08. The van der Waals surface area contributed by atoms with Gasteiger partial charge in [-0.2, -0.15) is 0 Å². The van der Waals surface area contributed by atoms with Crippen LogP contribution in [-0.2, 0) is 4.79 Å². The highest BCUT2D eigenvalue weighted by atomic mass is 16.6. The topological polar surface area (TPSA) is 101 Å². The zero-order valence-corrected chi connectivity index (χ0v) is 12.5. The van der Waals surface area contributed by atoms with Gasteiger partial charge in [-0.1, -0.05) is 0 Å². The lowest BCUT2D eigenvalue weighted by Crippen LogP contribution is -2.40. The first kappa shape index (κ1) is 15.9. The molecule has 0 atom stereocenters. The maximum atomic E-state index is 12.5. The molecular formula is C15H18N2O5. The van der Waals surface area contributed by atoms with Crippen molar-refractivity contribution in [2.45, 2.75) is 26.7 Å². The molecule has 0 saturated carbocycles. The smallest absolute Gasteiger partial charge is 0.306 e. The highest BCUT2D eigenvalue weighted by molar-refractivity contribution is 5.96. The quantitative estimate of drug-likeness (QED) is 0.681. The van der Waals surface area contributed by atoms with Gasteiger partial charge in [-0.25, -0.2) is 0 Å². The molecule has 0 radical (unpaired) electrons. The fourth-order valence-corrected chi connectivity index (χ4v) is 2.77. The van der Waals surface area contributed by atoms with Gasteiger partial charge >= 0.3 is 5.97 Å². The monoisotopic (exact) mass is 306 g/mol. The molecule has 7 heteroatoms. The second-order valence-electron chi connectivity index (χ2n) is 5.62. The number of piperidine rings is 1. The van der Waals surface area contributed by atoms with Gasteiger partial charge in [0.05, 0.1) is 10.8 Å². The van der Waals surface area contributed by atoms with E-state index < -0.39 is 16.8 Å². The molecule has 0 bridgehead atoms. The summed E-state index contributed by atoms with van der Waals surface area (Å²) in [5, 5.41) is 20.0. The molecule has 1 aliphatic rings. The molecular weight excluding hydrogens is 288 g/mol. The second kappa shape index (κ2) is 6.13. The zero-order chi connectivity index (χ0) is 16.4. The summed E-state index contributed by atoms with van der Waals surface area (Å²) in [5.74, 6) is -1.53. The van der Waals surface area contributed by atoms with Crippen molar-refractivity contribution in [3.8, 4) is 0 Å². The second-order valence-corrected chi connectivity index (χ2v) is 5.62. The van der Waals surface area contributed by atoms with Gasteiger partial charge in [-0.05, 0) is 38.3 Å². The minimum atomic E-state index is -0.839. The van der Waals surface area contributed by atoms with Crippen LogP contribution in [0.2, 0.25) is 0 Å². The van der Waals surface area contributed by atoms with Crippen molar-refractivity contribution in [1.29, 1.82) is 0 Å². The van der Waals surface area contributed by atoms with E-state index in [4.69, 9.17) is 5.11 Å². The summed E-state index contributed by atoms with van der Waals surface area (Å²) < 4.78 is 0. The van der Waals surface area contributed by atoms with Gasteiger partial charge in [-0.3, -0.25) is 19.7 Å². The Morgan fingerprint density at radius 1 is 1.23 bits per heavy atom. The van der Waals surface area contributed by atoms with Gasteiger partial charge < -0.3 is 10.0 Å². The van der Waals surface area contributed by atoms with E-state index in [2.05, 4.69) is 0 Å². The Kier molecular flexibility index (Phi) is 4.44. The summed E-state index contributed by atoms with van der Waals surface area (Å²) in [6.07, 6.45) is 0.822. The first-order chi connectivity index (χ1) is 10.3. The molecule has 0 aromatic heterocycles. The zero-order valence-electron chi connectivity index (χ0n) is 12.5. The number of amides is 1. The van der Waals surface area contributed by atoms with Gasteiger partial charge in [0.15, 0.2) is 0 Å². The number of carbonyl (C=O) groups is 2. The standard InChI is InChI=1S/C15H18N2O5/c1-9-7-10(2)13(17(21)22)8-12(9)14(18)16-5-3-11(4-6-16)15(19)20/h7-8,11H,3-6H2,1-2H3,(H,19,20). The minimum absolute atomic E-state index is 0.0747. The predicted octanol–water partition coefficient (Wildman–Crippen LogP) is 2.15. The Morgan fingerprint density at radius 3 is 2.32 bits per heavy atom. The number of hydrogen-bond donors (Lipinski definition) is 1. The number of carbonyl (C=O) groups excluding carboxylic acids is 1. The minimum Gasteiger partial charge on any atom is -0.481 e. The third-order valence-electron chi connectivity index (χ3n) is 4.10. The Morgan fingerprint density at radius 2 is 1.82 bits per heavy atom. The molecule has 1 saturated heterocycles. The van der Waals surface area contributed by atoms with E-state index >= 15 is 0 Å². The van der Waals surface area contributed by atoms with Crippen molar-refractivity contribution in [2.24, 2.45) is 5.92 Å². The summed E-state index contributed by atoms with van der Waals surface area (Å²) in [6.45, 7) is 4.10. The third-order valence-corrected chi connectivity index (χ3v) is 4.10. The normalized spacial score (nSPS) is 15.6. The lowest BCUT2D eigenvalue weighted by molar-refractivity contribution is -0.385. The van der Waals surface area contributed by atoms with Crippen LogP contribution in [0.1, 0.15) is 34.3 Å². The Bertz CT molecular complexity index is 633. The van der Waals surface area contributed by atoms with Gasteiger partial charge in [0.2, 0.25) is 0 Å². The van der Waals surface area contributed by atoms with Crippen LogP contribution >= 0.6 is 0 Å². The average molecular weight is 306 g/mol. The highest BCUT2D eigenvalue weighted by Crippen LogP contribution is 2.25. The summed E-state index contributed by atoms with van der Waals surface area (Å²) in [7, 11) is 0. The number of hydrogen-bond acceptors (Lipinski definition) is 4. The number of likely N-dealkylation sites (tertiary alicyclic amines) is 1. The molecule has 1 aliphatic heterocycles. The number of carboxylic acid groups (broad SMARTS) is 1. The van der Waals surface area contributed by atoms with Gasteiger partial charge in [0.25, 0.3) is 11.6 Å². The summed E-state index contributed by atoms with van der Waals surface area (Å²) in [6, 6.07) is 2.95. The molecule has 1 aromatic carbocycles. The molecule has 1 heterocycles. The number of nitro groups is 1. The van der Waals surface area contributed by atoms with E-state index in [1.54, 1.807) is 24.8 Å². The summed E-state index contributed by atoms with van der Waals surface area (Å²) in [5.41, 5.74) is 1.44. The molecule has 22 heavy (non-hydrogen) atoms. The average Bonchev–Trinajstić information content (AvgIpc) is 2.46. The number of carboxylic acids is 1. The fraction of sp³-hybridized carbons (Fsp3) is 0.467. The number of rotatable bonds is 3. The van der Waals surface area contributed by atoms with Gasteiger partial charge in [0.1, 0.15) is 0 Å². The van der Waals surface area contributed by atoms with E-state index in [-0.39, 0.29) is 11.6 Å². The molecule has 1 fully saturated rings. The van der Waals surface area contributed by atoms with E-state index in [0.717, 1.165) is 0 Å². The van der Waals surface area contributed by atoms with E-state index in [1.165, 1.54) is 6.07 Å². The van der Waals surface area contributed by atoms with Crippen LogP contribution in [-0.4, -0.2) is 39.9 Å². The maximum absolute atomic E-state index is 12.5. The first-order valence-electron chi connectivity index (χ1n) is 7.09.